The summed E-state index contributed by atoms with van der Waals surface area (Å²) in [7, 11) is 0. The first kappa shape index (κ1) is 13.8. The number of nitrogens with zero attached hydrogens (tertiary/aromatic N) is 1. The van der Waals surface area contributed by atoms with Crippen molar-refractivity contribution in [3.05, 3.63) is 34.6 Å². The molecule has 102 valence electrons. The van der Waals surface area contributed by atoms with Crippen LogP contribution in [0.25, 0.3) is 0 Å². The predicted octanol–water partition coefficient (Wildman–Crippen LogP) is 1.14. The average molecular weight is 288 g/mol. The number of likely N-dealkylation sites (tertiary alicyclic amines) is 1. The van der Waals surface area contributed by atoms with Crippen LogP contribution in [0.1, 0.15) is 16.8 Å². The Hall–Kier alpha value is -1.66. The van der Waals surface area contributed by atoms with E-state index in [0.717, 1.165) is 17.0 Å². The molecule has 0 bridgehead atoms. The summed E-state index contributed by atoms with van der Waals surface area (Å²) in [6, 6.07) is 2.33. The van der Waals surface area contributed by atoms with E-state index in [9.17, 15) is 19.1 Å². The van der Waals surface area contributed by atoms with Crippen molar-refractivity contribution in [2.24, 2.45) is 0 Å². The highest BCUT2D eigenvalue weighted by Gasteiger charge is 2.39. The molecule has 1 aromatic carbocycles. The van der Waals surface area contributed by atoms with Crippen LogP contribution in [0.2, 0.25) is 5.02 Å². The summed E-state index contributed by atoms with van der Waals surface area (Å²) in [5, 5.41) is 18.3. The van der Waals surface area contributed by atoms with E-state index >= 15 is 0 Å². The number of aliphatic carboxylic acids is 1. The maximum atomic E-state index is 13.0. The first-order chi connectivity index (χ1) is 8.90. The van der Waals surface area contributed by atoms with Gasteiger partial charge in [0.15, 0.2) is 0 Å². The fraction of sp³-hybridized carbons (Fsp3) is 0.333. The van der Waals surface area contributed by atoms with Crippen LogP contribution in [-0.2, 0) is 4.79 Å². The topological polar surface area (TPSA) is 77.8 Å². The van der Waals surface area contributed by atoms with Crippen molar-refractivity contribution >= 4 is 23.5 Å². The molecule has 0 saturated carbocycles. The number of halogens is 2. The quantitative estimate of drug-likeness (QED) is 0.855. The van der Waals surface area contributed by atoms with Gasteiger partial charge < -0.3 is 15.1 Å². The Morgan fingerprint density at radius 2 is 2.11 bits per heavy atom. The third-order valence-electron chi connectivity index (χ3n) is 2.99. The van der Waals surface area contributed by atoms with Crippen molar-refractivity contribution in [1.29, 1.82) is 0 Å². The highest BCUT2D eigenvalue weighted by atomic mass is 35.5. The lowest BCUT2D eigenvalue weighted by atomic mass is 10.1. The molecule has 1 aromatic rings. The van der Waals surface area contributed by atoms with Crippen molar-refractivity contribution in [2.45, 2.75) is 18.6 Å². The van der Waals surface area contributed by atoms with Crippen molar-refractivity contribution in [1.82, 2.24) is 4.90 Å². The fourth-order valence-electron chi connectivity index (χ4n) is 2.07. The van der Waals surface area contributed by atoms with Gasteiger partial charge in [-0.25, -0.2) is 9.18 Å². The number of carboxylic acids is 1. The van der Waals surface area contributed by atoms with Gasteiger partial charge in [0.05, 0.1) is 11.1 Å². The summed E-state index contributed by atoms with van der Waals surface area (Å²) >= 11 is 5.58. The van der Waals surface area contributed by atoms with Gasteiger partial charge in [-0.2, -0.15) is 0 Å². The molecule has 0 aliphatic carbocycles. The van der Waals surface area contributed by atoms with Gasteiger partial charge in [-0.1, -0.05) is 11.6 Å². The number of aliphatic hydroxyl groups is 1. The maximum absolute atomic E-state index is 13.0. The molecule has 1 aliphatic rings. The molecule has 0 spiro atoms. The second kappa shape index (κ2) is 5.14. The Balaban J connectivity index is 2.27. The minimum atomic E-state index is -1.18. The van der Waals surface area contributed by atoms with Gasteiger partial charge >= 0.3 is 5.97 Å². The molecular weight excluding hydrogens is 277 g/mol. The van der Waals surface area contributed by atoms with E-state index in [2.05, 4.69) is 0 Å². The number of carboxylic acid groups (broad SMARTS) is 1. The summed E-state index contributed by atoms with van der Waals surface area (Å²) in [5.74, 6) is -2.43. The fourth-order valence-corrected chi connectivity index (χ4v) is 2.25. The van der Waals surface area contributed by atoms with E-state index in [1.165, 1.54) is 6.07 Å². The van der Waals surface area contributed by atoms with Gasteiger partial charge in [-0.15, -0.1) is 0 Å². The Morgan fingerprint density at radius 3 is 2.68 bits per heavy atom. The third kappa shape index (κ3) is 2.69. The number of β-amino-alcohol motifs (C(OH)–C–C–N with tert-alkyl or cyclic N) is 1. The average Bonchev–Trinajstić information content (AvgIpc) is 2.74. The van der Waals surface area contributed by atoms with Crippen LogP contribution < -0.4 is 0 Å². The minimum absolute atomic E-state index is 0.0179. The summed E-state index contributed by atoms with van der Waals surface area (Å²) in [5.41, 5.74) is 0.0896. The van der Waals surface area contributed by atoms with Crippen LogP contribution in [-0.4, -0.2) is 45.7 Å². The first-order valence-electron chi connectivity index (χ1n) is 5.57. The van der Waals surface area contributed by atoms with Gasteiger partial charge in [0.1, 0.15) is 11.9 Å². The first-order valence-corrected chi connectivity index (χ1v) is 5.95. The normalized spacial score (nSPS) is 22.6. The highest BCUT2D eigenvalue weighted by molar-refractivity contribution is 6.31. The van der Waals surface area contributed by atoms with Crippen LogP contribution >= 0.6 is 11.6 Å². The zero-order valence-corrected chi connectivity index (χ0v) is 10.5. The van der Waals surface area contributed by atoms with Gasteiger partial charge in [-0.3, -0.25) is 4.79 Å². The van der Waals surface area contributed by atoms with Crippen molar-refractivity contribution < 1.29 is 24.2 Å². The number of amides is 1. The molecule has 2 rings (SSSR count). The molecule has 1 aliphatic heterocycles. The molecule has 0 aromatic heterocycles. The number of carbonyl (C=O) groups excluding carboxylic acids is 1. The Morgan fingerprint density at radius 1 is 1.42 bits per heavy atom. The summed E-state index contributed by atoms with van der Waals surface area (Å²) in [6.07, 6.45) is -0.892. The molecule has 1 amide bonds. The van der Waals surface area contributed by atoms with Gasteiger partial charge in [0, 0.05) is 18.5 Å². The monoisotopic (exact) mass is 287 g/mol. The molecule has 19 heavy (non-hydrogen) atoms. The number of benzene rings is 1. The molecule has 1 unspecified atom stereocenters. The van der Waals surface area contributed by atoms with Crippen LogP contribution in [0.5, 0.6) is 0 Å². The molecular formula is C12H11ClFNO4. The largest absolute Gasteiger partial charge is 0.480 e. The van der Waals surface area contributed by atoms with E-state index in [0.29, 0.717) is 0 Å². The summed E-state index contributed by atoms with van der Waals surface area (Å²) < 4.78 is 13.0. The molecule has 1 saturated heterocycles. The Bertz CT molecular complexity index is 536. The van der Waals surface area contributed by atoms with E-state index < -0.39 is 29.8 Å². The van der Waals surface area contributed by atoms with Crippen LogP contribution in [0.3, 0.4) is 0 Å². The standard InChI is InChI=1S/C12H11ClFNO4/c13-8-3-6(1-2-9(8)14)11(17)15-5-7(16)4-10(15)12(18)19/h1-3,7,10,16H,4-5H2,(H,18,19)/t7?,10-/m0/s1. The van der Waals surface area contributed by atoms with Gasteiger partial charge in [-0.05, 0) is 18.2 Å². The SMILES string of the molecule is O=C(O)[C@@H]1CC(O)CN1C(=O)c1ccc(F)c(Cl)c1. The van der Waals surface area contributed by atoms with Gasteiger partial charge in [0.25, 0.3) is 5.91 Å². The zero-order valence-electron chi connectivity index (χ0n) is 9.72. The molecule has 7 heteroatoms. The zero-order chi connectivity index (χ0) is 14.2. The number of carbonyl (C=O) groups is 2. The molecule has 5 nitrogen and oxygen atoms in total. The lowest BCUT2D eigenvalue weighted by molar-refractivity contribution is -0.141. The van der Waals surface area contributed by atoms with Gasteiger partial charge in [0.2, 0.25) is 0 Å². The predicted molar refractivity (Wildman–Crippen MR) is 64.5 cm³/mol. The molecule has 1 heterocycles. The molecule has 2 N–H and O–H groups in total. The lowest BCUT2D eigenvalue weighted by Gasteiger charge is -2.21. The summed E-state index contributed by atoms with van der Waals surface area (Å²) in [4.78, 5) is 24.2. The molecule has 1 fully saturated rings. The van der Waals surface area contributed by atoms with E-state index in [4.69, 9.17) is 16.7 Å². The Kier molecular flexibility index (Phi) is 3.73. The molecule has 0 radical (unpaired) electrons. The number of aliphatic hydroxyl groups excluding tert-OH is 1. The second-order valence-corrected chi connectivity index (χ2v) is 4.74. The third-order valence-corrected chi connectivity index (χ3v) is 3.28. The number of rotatable bonds is 2. The number of hydrogen-bond acceptors (Lipinski definition) is 3. The van der Waals surface area contributed by atoms with Crippen molar-refractivity contribution in [2.75, 3.05) is 6.54 Å². The van der Waals surface area contributed by atoms with Crippen molar-refractivity contribution in [3.63, 3.8) is 0 Å². The smallest absolute Gasteiger partial charge is 0.326 e. The van der Waals surface area contributed by atoms with E-state index in [-0.39, 0.29) is 23.6 Å². The van der Waals surface area contributed by atoms with Crippen LogP contribution in [0, 0.1) is 5.82 Å². The highest BCUT2D eigenvalue weighted by Crippen LogP contribution is 2.23. The van der Waals surface area contributed by atoms with Crippen LogP contribution in [0.15, 0.2) is 18.2 Å². The second-order valence-electron chi connectivity index (χ2n) is 4.33. The maximum Gasteiger partial charge on any atom is 0.326 e. The van der Waals surface area contributed by atoms with Crippen molar-refractivity contribution in [3.8, 4) is 0 Å². The van der Waals surface area contributed by atoms with E-state index in [1.54, 1.807) is 0 Å². The van der Waals surface area contributed by atoms with Crippen LogP contribution in [0.4, 0.5) is 4.39 Å². The number of hydrogen-bond donors (Lipinski definition) is 2. The summed E-state index contributed by atoms with van der Waals surface area (Å²) in [6.45, 7) is -0.0647. The lowest BCUT2D eigenvalue weighted by Crippen LogP contribution is -2.40. The minimum Gasteiger partial charge on any atom is -0.480 e. The molecule has 2 atom stereocenters. The van der Waals surface area contributed by atoms with E-state index in [1.807, 2.05) is 0 Å². The Labute approximate surface area is 113 Å².